The van der Waals surface area contributed by atoms with E-state index in [0.29, 0.717) is 18.8 Å². The number of nitrogens with zero attached hydrogens (tertiary/aromatic N) is 3. The summed E-state index contributed by atoms with van der Waals surface area (Å²) in [6.07, 6.45) is 0.483. The Kier molecular flexibility index (Phi) is 4.41. The van der Waals surface area contributed by atoms with Crippen molar-refractivity contribution in [2.45, 2.75) is 31.3 Å². The number of amides is 1. The van der Waals surface area contributed by atoms with Crippen LogP contribution in [0.5, 0.6) is 5.75 Å². The third-order valence-electron chi connectivity index (χ3n) is 5.30. The predicted octanol–water partition coefficient (Wildman–Crippen LogP) is 2.89. The zero-order chi connectivity index (χ0) is 19.9. The van der Waals surface area contributed by atoms with E-state index >= 15 is 0 Å². The number of halogens is 3. The van der Waals surface area contributed by atoms with Gasteiger partial charge in [0.15, 0.2) is 0 Å². The van der Waals surface area contributed by atoms with Crippen molar-refractivity contribution in [2.75, 3.05) is 18.1 Å². The Hall–Kier alpha value is -2.81. The molecular formula is C19H19F3N4O2. The monoisotopic (exact) mass is 392 g/mol. The average Bonchev–Trinajstić information content (AvgIpc) is 3.32. The van der Waals surface area contributed by atoms with E-state index in [1.165, 1.54) is 18.3 Å². The number of anilines is 1. The summed E-state index contributed by atoms with van der Waals surface area (Å²) in [4.78, 5) is 20.0. The van der Waals surface area contributed by atoms with Gasteiger partial charge in [0.05, 0.1) is 12.2 Å². The first-order chi connectivity index (χ1) is 13.3. The molecule has 6 nitrogen and oxygen atoms in total. The Bertz CT molecular complexity index is 881. The maximum atomic E-state index is 12.3. The summed E-state index contributed by atoms with van der Waals surface area (Å²) in [5, 5.41) is 0. The van der Waals surface area contributed by atoms with Gasteiger partial charge in [0.25, 0.3) is 5.91 Å². The molecule has 0 unspecified atom stereocenters. The molecule has 1 aromatic carbocycles. The van der Waals surface area contributed by atoms with Crippen molar-refractivity contribution in [3.63, 3.8) is 0 Å². The molecule has 1 spiro atoms. The molecule has 2 aromatic rings. The lowest BCUT2D eigenvalue weighted by molar-refractivity contribution is -0.274. The van der Waals surface area contributed by atoms with Crippen molar-refractivity contribution in [3.8, 4) is 5.75 Å². The van der Waals surface area contributed by atoms with Crippen molar-refractivity contribution in [1.29, 1.82) is 0 Å². The molecule has 4 rings (SSSR count). The third-order valence-corrected chi connectivity index (χ3v) is 5.30. The second kappa shape index (κ2) is 6.66. The summed E-state index contributed by atoms with van der Waals surface area (Å²) < 4.78 is 40.9. The Balaban J connectivity index is 1.49. The van der Waals surface area contributed by atoms with Gasteiger partial charge < -0.3 is 15.4 Å². The number of carbonyl (C=O) groups excluding carboxylic acids is 1. The number of alkyl halides is 3. The molecule has 1 saturated heterocycles. The van der Waals surface area contributed by atoms with E-state index in [1.54, 1.807) is 24.4 Å². The highest BCUT2D eigenvalue weighted by atomic mass is 19.4. The molecule has 1 amide bonds. The molecule has 1 aliphatic heterocycles. The minimum atomic E-state index is -4.70. The first-order valence-electron chi connectivity index (χ1n) is 8.84. The van der Waals surface area contributed by atoms with E-state index < -0.39 is 12.3 Å². The predicted molar refractivity (Wildman–Crippen MR) is 95.6 cm³/mol. The SMILES string of the molecule is NC(=O)c1cnccc1CN1CN(c2ccc(OC(F)(F)F)cc2)CC12CC2. The highest BCUT2D eigenvalue weighted by Crippen LogP contribution is 2.48. The fraction of sp³-hybridized carbons (Fsp3) is 0.368. The van der Waals surface area contributed by atoms with Crippen LogP contribution in [0.3, 0.4) is 0 Å². The van der Waals surface area contributed by atoms with E-state index in [4.69, 9.17) is 5.73 Å². The second-order valence-electron chi connectivity index (χ2n) is 7.20. The smallest absolute Gasteiger partial charge is 0.406 e. The van der Waals surface area contributed by atoms with Gasteiger partial charge in [-0.25, -0.2) is 0 Å². The molecule has 1 aromatic heterocycles. The van der Waals surface area contributed by atoms with Crippen LogP contribution < -0.4 is 15.4 Å². The van der Waals surface area contributed by atoms with Crippen LogP contribution in [-0.2, 0) is 6.54 Å². The number of ether oxygens (including phenoxy) is 1. The van der Waals surface area contributed by atoms with Gasteiger partial charge in [0.1, 0.15) is 5.75 Å². The summed E-state index contributed by atoms with van der Waals surface area (Å²) in [7, 11) is 0. The van der Waals surface area contributed by atoms with Crippen molar-refractivity contribution in [2.24, 2.45) is 5.73 Å². The Morgan fingerprint density at radius 2 is 1.93 bits per heavy atom. The van der Waals surface area contributed by atoms with Crippen LogP contribution in [-0.4, -0.2) is 40.9 Å². The maximum absolute atomic E-state index is 12.3. The Morgan fingerprint density at radius 1 is 1.21 bits per heavy atom. The zero-order valence-corrected chi connectivity index (χ0v) is 14.9. The van der Waals surface area contributed by atoms with Crippen LogP contribution in [0.2, 0.25) is 0 Å². The first kappa shape index (κ1) is 18.5. The number of nitrogens with two attached hydrogens (primary N) is 1. The summed E-state index contributed by atoms with van der Waals surface area (Å²) >= 11 is 0. The number of primary amides is 1. The van der Waals surface area contributed by atoms with Crippen LogP contribution in [0.1, 0.15) is 28.8 Å². The van der Waals surface area contributed by atoms with Crippen LogP contribution >= 0.6 is 0 Å². The highest BCUT2D eigenvalue weighted by Gasteiger charge is 2.53. The van der Waals surface area contributed by atoms with E-state index in [2.05, 4.69) is 19.5 Å². The van der Waals surface area contributed by atoms with E-state index in [1.807, 2.05) is 0 Å². The molecule has 0 radical (unpaired) electrons. The largest absolute Gasteiger partial charge is 0.573 e. The molecular weight excluding hydrogens is 373 g/mol. The van der Waals surface area contributed by atoms with Gasteiger partial charge in [0, 0.05) is 36.7 Å². The maximum Gasteiger partial charge on any atom is 0.573 e. The van der Waals surface area contributed by atoms with Crippen molar-refractivity contribution in [1.82, 2.24) is 9.88 Å². The lowest BCUT2D eigenvalue weighted by atomic mass is 10.1. The van der Waals surface area contributed by atoms with Gasteiger partial charge in [0.2, 0.25) is 0 Å². The van der Waals surface area contributed by atoms with Crippen LogP contribution in [0.15, 0.2) is 42.7 Å². The average molecular weight is 392 g/mol. The molecule has 2 heterocycles. The lowest BCUT2D eigenvalue weighted by Crippen LogP contribution is -2.33. The van der Waals surface area contributed by atoms with Crippen molar-refractivity contribution in [3.05, 3.63) is 53.9 Å². The topological polar surface area (TPSA) is 71.7 Å². The normalized spacial score (nSPS) is 18.5. The number of pyridine rings is 1. The quantitative estimate of drug-likeness (QED) is 0.847. The fourth-order valence-corrected chi connectivity index (χ4v) is 3.72. The van der Waals surface area contributed by atoms with E-state index in [-0.39, 0.29) is 11.3 Å². The van der Waals surface area contributed by atoms with Gasteiger partial charge in [-0.1, -0.05) is 0 Å². The van der Waals surface area contributed by atoms with Gasteiger partial charge in [-0.05, 0) is 48.7 Å². The Morgan fingerprint density at radius 3 is 2.54 bits per heavy atom. The van der Waals surface area contributed by atoms with Gasteiger partial charge in [-0.15, -0.1) is 13.2 Å². The highest BCUT2D eigenvalue weighted by molar-refractivity contribution is 5.93. The summed E-state index contributed by atoms with van der Waals surface area (Å²) in [5.41, 5.74) is 7.53. The van der Waals surface area contributed by atoms with Crippen LogP contribution in [0.4, 0.5) is 18.9 Å². The van der Waals surface area contributed by atoms with Crippen molar-refractivity contribution < 1.29 is 22.7 Å². The number of rotatable bonds is 5. The Labute approximate surface area is 159 Å². The zero-order valence-electron chi connectivity index (χ0n) is 14.9. The molecule has 9 heteroatoms. The summed E-state index contributed by atoms with van der Waals surface area (Å²) in [5.74, 6) is -0.749. The minimum absolute atomic E-state index is 0.0271. The molecule has 2 fully saturated rings. The fourth-order valence-electron chi connectivity index (χ4n) is 3.72. The molecule has 28 heavy (non-hydrogen) atoms. The molecule has 1 saturated carbocycles. The van der Waals surface area contributed by atoms with Gasteiger partial charge >= 0.3 is 6.36 Å². The molecule has 0 bridgehead atoms. The van der Waals surface area contributed by atoms with Crippen LogP contribution in [0.25, 0.3) is 0 Å². The lowest BCUT2D eigenvalue weighted by Gasteiger charge is -2.23. The number of benzene rings is 1. The van der Waals surface area contributed by atoms with Gasteiger partial charge in [-0.3, -0.25) is 14.7 Å². The molecule has 2 N–H and O–H groups in total. The summed E-state index contributed by atoms with van der Waals surface area (Å²) in [6.45, 7) is 1.95. The van der Waals surface area contributed by atoms with Gasteiger partial charge in [-0.2, -0.15) is 0 Å². The first-order valence-corrected chi connectivity index (χ1v) is 8.84. The molecule has 1 aliphatic carbocycles. The van der Waals surface area contributed by atoms with E-state index in [9.17, 15) is 18.0 Å². The number of aromatic nitrogens is 1. The third kappa shape index (κ3) is 3.75. The van der Waals surface area contributed by atoms with Crippen molar-refractivity contribution >= 4 is 11.6 Å². The summed E-state index contributed by atoms with van der Waals surface area (Å²) in [6, 6.07) is 7.68. The number of hydrogen-bond donors (Lipinski definition) is 1. The molecule has 2 aliphatic rings. The minimum Gasteiger partial charge on any atom is -0.406 e. The van der Waals surface area contributed by atoms with Crippen LogP contribution in [0, 0.1) is 0 Å². The molecule has 0 atom stereocenters. The number of hydrogen-bond acceptors (Lipinski definition) is 5. The van der Waals surface area contributed by atoms with E-state index in [0.717, 1.165) is 30.6 Å². The second-order valence-corrected chi connectivity index (χ2v) is 7.20. The standard InChI is InChI=1S/C19H19F3N4O2/c20-19(21,22)28-15-3-1-14(2-4-15)25-11-18(6-7-18)26(12-25)10-13-5-8-24-9-16(13)17(23)27/h1-5,8-9H,6-7,10-12H2,(H2,23,27). The molecule has 148 valence electrons. The number of carbonyl (C=O) groups is 1.